The van der Waals surface area contributed by atoms with Crippen molar-refractivity contribution in [1.29, 1.82) is 0 Å². The topological polar surface area (TPSA) is 104 Å². The lowest BCUT2D eigenvalue weighted by atomic mass is 10.1. The quantitative estimate of drug-likeness (QED) is 0.511. The average Bonchev–Trinajstić information content (AvgIpc) is 3.03. The highest BCUT2D eigenvalue weighted by Crippen LogP contribution is 2.30. The lowest BCUT2D eigenvalue weighted by molar-refractivity contribution is -0.141. The van der Waals surface area contributed by atoms with Crippen LogP contribution >= 0.6 is 0 Å². The molecule has 0 aliphatic carbocycles. The number of rotatable bonds is 11. The summed E-state index contributed by atoms with van der Waals surface area (Å²) in [5, 5.41) is 2.92. The standard InChI is InChI=1S/C26H33N3O5S/c1-4-22(25(31)27-17-19(2)3)28(18-20-11-6-5-7-12-20)24(30)15-10-16-29-26(32)21-13-8-9-14-23(21)35(29,33)34/h5-9,11-14,19,22H,4,10,15-18H2,1-3H3,(H,27,31). The van der Waals surface area contributed by atoms with Gasteiger partial charge in [0.15, 0.2) is 0 Å². The SMILES string of the molecule is CCC(C(=O)NCC(C)C)N(Cc1ccccc1)C(=O)CCCN1C(=O)c2ccccc2S1(=O)=O. The van der Waals surface area contributed by atoms with Crippen LogP contribution in [0.3, 0.4) is 0 Å². The number of carbonyl (C=O) groups is 3. The van der Waals surface area contributed by atoms with E-state index in [1.54, 1.807) is 17.0 Å². The molecule has 0 aromatic heterocycles. The fraction of sp³-hybridized carbons (Fsp3) is 0.423. The van der Waals surface area contributed by atoms with E-state index in [9.17, 15) is 22.8 Å². The van der Waals surface area contributed by atoms with Crippen molar-refractivity contribution in [3.05, 3.63) is 65.7 Å². The Labute approximate surface area is 207 Å². The summed E-state index contributed by atoms with van der Waals surface area (Å²) in [5.74, 6) is -0.771. The summed E-state index contributed by atoms with van der Waals surface area (Å²) in [7, 11) is -3.92. The zero-order valence-corrected chi connectivity index (χ0v) is 21.3. The second-order valence-corrected chi connectivity index (χ2v) is 10.9. The molecule has 0 spiro atoms. The maximum Gasteiger partial charge on any atom is 0.269 e. The molecule has 3 amide bonds. The Morgan fingerprint density at radius 1 is 1.03 bits per heavy atom. The number of hydrogen-bond donors (Lipinski definition) is 1. The monoisotopic (exact) mass is 499 g/mol. The van der Waals surface area contributed by atoms with Crippen molar-refractivity contribution >= 4 is 27.7 Å². The van der Waals surface area contributed by atoms with Crippen LogP contribution in [0, 0.1) is 5.92 Å². The molecule has 8 nitrogen and oxygen atoms in total. The van der Waals surface area contributed by atoms with Crippen LogP contribution in [0.4, 0.5) is 0 Å². The minimum atomic E-state index is -3.92. The van der Waals surface area contributed by atoms with Crippen LogP contribution < -0.4 is 5.32 Å². The highest BCUT2D eigenvalue weighted by Gasteiger charge is 2.40. The Hall–Kier alpha value is -3.20. The largest absolute Gasteiger partial charge is 0.354 e. The van der Waals surface area contributed by atoms with Gasteiger partial charge in [-0.2, -0.15) is 0 Å². The van der Waals surface area contributed by atoms with E-state index in [2.05, 4.69) is 5.32 Å². The Kier molecular flexibility index (Phi) is 8.67. The first kappa shape index (κ1) is 26.4. The van der Waals surface area contributed by atoms with Crippen molar-refractivity contribution < 1.29 is 22.8 Å². The van der Waals surface area contributed by atoms with Crippen LogP contribution in [0.1, 0.15) is 56.0 Å². The van der Waals surface area contributed by atoms with Crippen LogP contribution in [0.2, 0.25) is 0 Å². The van der Waals surface area contributed by atoms with Gasteiger partial charge in [0.05, 0.1) is 5.56 Å². The fourth-order valence-corrected chi connectivity index (χ4v) is 5.70. The van der Waals surface area contributed by atoms with Gasteiger partial charge < -0.3 is 10.2 Å². The summed E-state index contributed by atoms with van der Waals surface area (Å²) in [4.78, 5) is 40.4. The van der Waals surface area contributed by atoms with Gasteiger partial charge in [-0.05, 0) is 36.5 Å². The summed E-state index contributed by atoms with van der Waals surface area (Å²) >= 11 is 0. The molecular formula is C26H33N3O5S. The van der Waals surface area contributed by atoms with Crippen molar-refractivity contribution in [3.63, 3.8) is 0 Å². The summed E-state index contributed by atoms with van der Waals surface area (Å²) in [6, 6.07) is 14.9. The molecule has 35 heavy (non-hydrogen) atoms. The van der Waals surface area contributed by atoms with E-state index >= 15 is 0 Å². The number of fused-ring (bicyclic) bond motifs is 1. The van der Waals surface area contributed by atoms with Crippen molar-refractivity contribution in [2.45, 2.75) is 57.5 Å². The number of amides is 3. The van der Waals surface area contributed by atoms with Gasteiger partial charge in [0.25, 0.3) is 15.9 Å². The molecule has 2 aromatic rings. The molecule has 188 valence electrons. The fourth-order valence-electron chi connectivity index (χ4n) is 4.09. The third-order valence-corrected chi connectivity index (χ3v) is 7.77. The second-order valence-electron chi connectivity index (χ2n) is 9.05. The Morgan fingerprint density at radius 3 is 2.31 bits per heavy atom. The highest BCUT2D eigenvalue weighted by atomic mass is 32.2. The van der Waals surface area contributed by atoms with Crippen LogP contribution in [0.5, 0.6) is 0 Å². The minimum absolute atomic E-state index is 0.00472. The van der Waals surface area contributed by atoms with E-state index in [0.717, 1.165) is 9.87 Å². The molecule has 0 radical (unpaired) electrons. The number of nitrogens with one attached hydrogen (secondary N) is 1. The van der Waals surface area contributed by atoms with Gasteiger partial charge in [-0.15, -0.1) is 0 Å². The molecule has 2 aromatic carbocycles. The molecule has 1 heterocycles. The zero-order chi connectivity index (χ0) is 25.6. The third-order valence-electron chi connectivity index (χ3n) is 5.93. The van der Waals surface area contributed by atoms with Crippen molar-refractivity contribution in [2.24, 2.45) is 5.92 Å². The van der Waals surface area contributed by atoms with Crippen molar-refractivity contribution in [2.75, 3.05) is 13.1 Å². The maximum absolute atomic E-state index is 13.3. The first-order chi connectivity index (χ1) is 16.7. The van der Waals surface area contributed by atoms with Gasteiger partial charge in [-0.3, -0.25) is 14.4 Å². The van der Waals surface area contributed by atoms with E-state index in [1.165, 1.54) is 12.1 Å². The average molecular weight is 500 g/mol. The molecule has 0 saturated heterocycles. The predicted molar refractivity (Wildman–Crippen MR) is 133 cm³/mol. The third kappa shape index (κ3) is 6.08. The molecule has 1 N–H and O–H groups in total. The Balaban J connectivity index is 1.72. The number of carbonyl (C=O) groups excluding carboxylic acids is 3. The van der Waals surface area contributed by atoms with E-state index in [0.29, 0.717) is 13.0 Å². The number of hydrogen-bond acceptors (Lipinski definition) is 5. The predicted octanol–water partition coefficient (Wildman–Crippen LogP) is 3.19. The first-order valence-corrected chi connectivity index (χ1v) is 13.4. The molecule has 0 bridgehead atoms. The molecule has 0 fully saturated rings. The van der Waals surface area contributed by atoms with E-state index in [-0.39, 0.29) is 54.1 Å². The minimum Gasteiger partial charge on any atom is -0.354 e. The van der Waals surface area contributed by atoms with Crippen LogP contribution in [0.15, 0.2) is 59.5 Å². The van der Waals surface area contributed by atoms with Gasteiger partial charge in [-0.1, -0.05) is 63.2 Å². The number of sulfonamides is 1. The molecule has 1 aliphatic rings. The van der Waals surface area contributed by atoms with E-state index in [1.807, 2.05) is 51.1 Å². The summed E-state index contributed by atoms with van der Waals surface area (Å²) in [6.45, 7) is 6.53. The van der Waals surface area contributed by atoms with E-state index < -0.39 is 22.0 Å². The van der Waals surface area contributed by atoms with Crippen molar-refractivity contribution in [3.8, 4) is 0 Å². The zero-order valence-electron chi connectivity index (χ0n) is 20.4. The van der Waals surface area contributed by atoms with Crippen LogP contribution in [-0.4, -0.2) is 54.5 Å². The highest BCUT2D eigenvalue weighted by molar-refractivity contribution is 7.90. The molecule has 0 saturated carbocycles. The molecule has 9 heteroatoms. The Morgan fingerprint density at radius 2 is 1.69 bits per heavy atom. The smallest absolute Gasteiger partial charge is 0.269 e. The van der Waals surface area contributed by atoms with Gasteiger partial charge in [-0.25, -0.2) is 12.7 Å². The van der Waals surface area contributed by atoms with Gasteiger partial charge in [0.1, 0.15) is 10.9 Å². The molecule has 1 aliphatic heterocycles. The summed E-state index contributed by atoms with van der Waals surface area (Å²) < 4.78 is 26.4. The maximum atomic E-state index is 13.3. The number of benzene rings is 2. The van der Waals surface area contributed by atoms with Gasteiger partial charge in [0.2, 0.25) is 11.8 Å². The first-order valence-electron chi connectivity index (χ1n) is 11.9. The van der Waals surface area contributed by atoms with E-state index in [4.69, 9.17) is 0 Å². The lowest BCUT2D eigenvalue weighted by Crippen LogP contribution is -2.49. The summed E-state index contributed by atoms with van der Waals surface area (Å²) in [6.07, 6.45) is 0.611. The summed E-state index contributed by atoms with van der Waals surface area (Å²) in [5.41, 5.74) is 1.04. The second kappa shape index (κ2) is 11.5. The molecule has 3 rings (SSSR count). The molecule has 1 atom stereocenters. The Bertz CT molecular complexity index is 1160. The van der Waals surface area contributed by atoms with Crippen molar-refractivity contribution in [1.82, 2.24) is 14.5 Å². The number of nitrogens with zero attached hydrogens (tertiary/aromatic N) is 2. The van der Waals surface area contributed by atoms with Crippen LogP contribution in [0.25, 0.3) is 0 Å². The van der Waals surface area contributed by atoms with Gasteiger partial charge in [0, 0.05) is 26.1 Å². The normalized spacial score (nSPS) is 15.1. The molecule has 1 unspecified atom stereocenters. The van der Waals surface area contributed by atoms with Crippen LogP contribution in [-0.2, 0) is 26.2 Å². The molecular weight excluding hydrogens is 466 g/mol. The lowest BCUT2D eigenvalue weighted by Gasteiger charge is -2.31. The van der Waals surface area contributed by atoms with Gasteiger partial charge >= 0.3 is 0 Å².